The van der Waals surface area contributed by atoms with Crippen LogP contribution in [0.25, 0.3) is 0 Å². The van der Waals surface area contributed by atoms with Crippen molar-refractivity contribution in [2.24, 2.45) is 5.92 Å². The van der Waals surface area contributed by atoms with Crippen LogP contribution in [0.4, 0.5) is 0 Å². The van der Waals surface area contributed by atoms with E-state index in [4.69, 9.17) is 14.6 Å². The zero-order valence-electron chi connectivity index (χ0n) is 13.0. The van der Waals surface area contributed by atoms with Gasteiger partial charge >= 0.3 is 5.97 Å². The number of amides is 1. The van der Waals surface area contributed by atoms with E-state index < -0.39 is 5.97 Å². The summed E-state index contributed by atoms with van der Waals surface area (Å²) in [7, 11) is 0. The highest BCUT2D eigenvalue weighted by molar-refractivity contribution is 5.95. The normalized spacial score (nSPS) is 15.3. The fourth-order valence-corrected chi connectivity index (χ4v) is 2.32. The van der Waals surface area contributed by atoms with E-state index in [2.05, 4.69) is 10.3 Å². The van der Waals surface area contributed by atoms with Crippen LogP contribution in [-0.4, -0.2) is 54.9 Å². The largest absolute Gasteiger partial charge is 0.478 e. The minimum atomic E-state index is -1.08. The molecule has 1 aromatic rings. The van der Waals surface area contributed by atoms with E-state index in [1.54, 1.807) is 0 Å². The second-order valence-electron chi connectivity index (χ2n) is 5.48. The molecule has 126 valence electrons. The highest BCUT2D eigenvalue weighted by Crippen LogP contribution is 2.14. The monoisotopic (exact) mass is 322 g/mol. The number of carbonyl (C=O) groups is 2. The molecule has 0 saturated carbocycles. The average molecular weight is 322 g/mol. The SMILES string of the molecule is O=C(O)c1ccnc(C(=O)NCCCOCC2CCOCC2)c1. The number of nitrogens with one attached hydrogen (secondary N) is 1. The summed E-state index contributed by atoms with van der Waals surface area (Å²) in [6.07, 6.45) is 4.10. The van der Waals surface area contributed by atoms with E-state index in [1.165, 1.54) is 18.3 Å². The molecule has 0 aromatic carbocycles. The van der Waals surface area contributed by atoms with Crippen LogP contribution in [0.5, 0.6) is 0 Å². The Labute approximate surface area is 135 Å². The fourth-order valence-electron chi connectivity index (χ4n) is 2.32. The van der Waals surface area contributed by atoms with Gasteiger partial charge < -0.3 is 19.9 Å². The lowest BCUT2D eigenvalue weighted by Crippen LogP contribution is -2.27. The van der Waals surface area contributed by atoms with Crippen LogP contribution in [0.1, 0.15) is 40.1 Å². The van der Waals surface area contributed by atoms with Crippen LogP contribution in [0.3, 0.4) is 0 Å². The van der Waals surface area contributed by atoms with Gasteiger partial charge in [0, 0.05) is 39.2 Å². The fraction of sp³-hybridized carbons (Fsp3) is 0.562. The van der Waals surface area contributed by atoms with E-state index in [1.807, 2.05) is 0 Å². The lowest BCUT2D eigenvalue weighted by molar-refractivity contribution is 0.0202. The Morgan fingerprint density at radius 1 is 1.39 bits per heavy atom. The third-order valence-electron chi connectivity index (χ3n) is 3.68. The van der Waals surface area contributed by atoms with Crippen molar-refractivity contribution < 1.29 is 24.2 Å². The molecule has 1 amide bonds. The smallest absolute Gasteiger partial charge is 0.335 e. The zero-order valence-corrected chi connectivity index (χ0v) is 13.0. The van der Waals surface area contributed by atoms with Crippen LogP contribution in [0.2, 0.25) is 0 Å². The molecule has 0 aliphatic carbocycles. The number of pyridine rings is 1. The first kappa shape index (κ1) is 17.4. The van der Waals surface area contributed by atoms with Gasteiger partial charge in [0.25, 0.3) is 5.91 Å². The van der Waals surface area contributed by atoms with E-state index >= 15 is 0 Å². The molecule has 0 spiro atoms. The van der Waals surface area contributed by atoms with Crippen LogP contribution in [0.15, 0.2) is 18.3 Å². The standard InChI is InChI=1S/C16H22N2O5/c19-15(14-10-13(16(20)21)2-6-17-14)18-5-1-7-23-11-12-3-8-22-9-4-12/h2,6,10,12H,1,3-5,7-9,11H2,(H,18,19)(H,20,21). The van der Waals surface area contributed by atoms with Gasteiger partial charge in [-0.05, 0) is 37.3 Å². The van der Waals surface area contributed by atoms with Gasteiger partial charge in [0.05, 0.1) is 5.56 Å². The first-order valence-electron chi connectivity index (χ1n) is 7.80. The third kappa shape index (κ3) is 5.96. The highest BCUT2D eigenvalue weighted by atomic mass is 16.5. The molecule has 1 aliphatic rings. The van der Waals surface area contributed by atoms with Crippen molar-refractivity contribution in [3.05, 3.63) is 29.6 Å². The molecule has 7 heteroatoms. The van der Waals surface area contributed by atoms with Crippen molar-refractivity contribution in [2.45, 2.75) is 19.3 Å². The number of ether oxygens (including phenoxy) is 2. The zero-order chi connectivity index (χ0) is 16.5. The molecule has 0 radical (unpaired) electrons. The first-order chi connectivity index (χ1) is 11.2. The maximum Gasteiger partial charge on any atom is 0.335 e. The summed E-state index contributed by atoms with van der Waals surface area (Å²) in [6, 6.07) is 2.61. The van der Waals surface area contributed by atoms with Crippen molar-refractivity contribution in [1.29, 1.82) is 0 Å². The molecule has 0 atom stereocenters. The Morgan fingerprint density at radius 2 is 2.17 bits per heavy atom. The van der Waals surface area contributed by atoms with Crippen molar-refractivity contribution in [3.63, 3.8) is 0 Å². The lowest BCUT2D eigenvalue weighted by atomic mass is 10.0. The third-order valence-corrected chi connectivity index (χ3v) is 3.68. The van der Waals surface area contributed by atoms with Gasteiger partial charge in [-0.3, -0.25) is 9.78 Å². The van der Waals surface area contributed by atoms with Crippen LogP contribution in [0, 0.1) is 5.92 Å². The minimum Gasteiger partial charge on any atom is -0.478 e. The van der Waals surface area contributed by atoms with Crippen molar-refractivity contribution >= 4 is 11.9 Å². The van der Waals surface area contributed by atoms with Gasteiger partial charge in [-0.15, -0.1) is 0 Å². The molecule has 2 rings (SSSR count). The predicted molar refractivity (Wildman–Crippen MR) is 82.5 cm³/mol. The summed E-state index contributed by atoms with van der Waals surface area (Å²) in [5.74, 6) is -0.887. The molecule has 1 aliphatic heterocycles. The van der Waals surface area contributed by atoms with Crippen molar-refractivity contribution in [1.82, 2.24) is 10.3 Å². The number of carbonyl (C=O) groups excluding carboxylic acids is 1. The number of hydrogen-bond acceptors (Lipinski definition) is 5. The molecule has 7 nitrogen and oxygen atoms in total. The van der Waals surface area contributed by atoms with Gasteiger partial charge in [-0.25, -0.2) is 4.79 Å². The molecule has 2 heterocycles. The Balaban J connectivity index is 1.61. The second-order valence-corrected chi connectivity index (χ2v) is 5.48. The van der Waals surface area contributed by atoms with Gasteiger partial charge in [-0.2, -0.15) is 0 Å². The number of rotatable bonds is 8. The van der Waals surface area contributed by atoms with Crippen LogP contribution < -0.4 is 5.32 Å². The molecule has 23 heavy (non-hydrogen) atoms. The average Bonchev–Trinajstić information content (AvgIpc) is 2.58. The predicted octanol–water partition coefficient (Wildman–Crippen LogP) is 1.34. The van der Waals surface area contributed by atoms with Crippen LogP contribution >= 0.6 is 0 Å². The Bertz CT molecular complexity index is 529. The Kier molecular flexibility index (Phi) is 6.96. The quantitative estimate of drug-likeness (QED) is 0.701. The summed E-state index contributed by atoms with van der Waals surface area (Å²) in [5, 5.41) is 11.6. The van der Waals surface area contributed by atoms with Crippen molar-refractivity contribution in [2.75, 3.05) is 33.0 Å². The minimum absolute atomic E-state index is 0.0462. The lowest BCUT2D eigenvalue weighted by Gasteiger charge is -2.21. The van der Waals surface area contributed by atoms with Gasteiger partial charge in [0.1, 0.15) is 5.69 Å². The molecule has 0 bridgehead atoms. The molecular weight excluding hydrogens is 300 g/mol. The Hall–Kier alpha value is -1.99. The first-order valence-corrected chi connectivity index (χ1v) is 7.80. The summed E-state index contributed by atoms with van der Waals surface area (Å²) < 4.78 is 10.9. The summed E-state index contributed by atoms with van der Waals surface area (Å²) in [4.78, 5) is 26.6. The number of hydrogen-bond donors (Lipinski definition) is 2. The van der Waals surface area contributed by atoms with Gasteiger partial charge in [0.2, 0.25) is 0 Å². The summed E-state index contributed by atoms with van der Waals surface area (Å²) in [5.41, 5.74) is 0.151. The maximum atomic E-state index is 11.9. The molecule has 1 fully saturated rings. The number of carboxylic acids is 1. The molecule has 0 unspecified atom stereocenters. The van der Waals surface area contributed by atoms with Gasteiger partial charge in [0.15, 0.2) is 0 Å². The van der Waals surface area contributed by atoms with E-state index in [9.17, 15) is 9.59 Å². The van der Waals surface area contributed by atoms with E-state index in [0.29, 0.717) is 25.5 Å². The second kappa shape index (κ2) is 9.22. The van der Waals surface area contributed by atoms with Gasteiger partial charge in [-0.1, -0.05) is 0 Å². The van der Waals surface area contributed by atoms with E-state index in [0.717, 1.165) is 32.7 Å². The van der Waals surface area contributed by atoms with Crippen molar-refractivity contribution in [3.8, 4) is 0 Å². The van der Waals surface area contributed by atoms with Crippen LogP contribution in [-0.2, 0) is 9.47 Å². The topological polar surface area (TPSA) is 97.8 Å². The molecular formula is C16H22N2O5. The summed E-state index contributed by atoms with van der Waals surface area (Å²) >= 11 is 0. The number of nitrogens with zero attached hydrogens (tertiary/aromatic N) is 1. The maximum absolute atomic E-state index is 11.9. The number of aromatic nitrogens is 1. The van der Waals surface area contributed by atoms with E-state index in [-0.39, 0.29) is 17.2 Å². The molecule has 1 saturated heterocycles. The number of carboxylic acid groups (broad SMARTS) is 1. The molecule has 2 N–H and O–H groups in total. The highest BCUT2D eigenvalue weighted by Gasteiger charge is 2.13. The molecule has 1 aromatic heterocycles. The number of aromatic carboxylic acids is 1. The summed E-state index contributed by atoms with van der Waals surface area (Å²) in [6.45, 7) is 3.41. The Morgan fingerprint density at radius 3 is 2.91 bits per heavy atom.